The van der Waals surface area contributed by atoms with Gasteiger partial charge in [-0.05, 0) is 18.6 Å². The molecule has 1 aliphatic heterocycles. The molecule has 5 nitrogen and oxygen atoms in total. The van der Waals surface area contributed by atoms with E-state index in [1.165, 1.54) is 64.2 Å². The molecule has 6 heteroatoms. The molecule has 1 fully saturated rings. The van der Waals surface area contributed by atoms with Gasteiger partial charge in [-0.15, -0.1) is 0 Å². The second kappa shape index (κ2) is 15.6. The van der Waals surface area contributed by atoms with Crippen LogP contribution in [0.2, 0.25) is 0 Å². The van der Waals surface area contributed by atoms with Crippen molar-refractivity contribution in [2.75, 3.05) is 13.2 Å². The van der Waals surface area contributed by atoms with Gasteiger partial charge in [0, 0.05) is 6.42 Å². The molecule has 1 heterocycles. The highest BCUT2D eigenvalue weighted by Gasteiger charge is 2.41. The van der Waals surface area contributed by atoms with Crippen molar-refractivity contribution in [2.24, 2.45) is 0 Å². The number of hydrogen-bond donors (Lipinski definition) is 3. The van der Waals surface area contributed by atoms with Crippen molar-refractivity contribution in [1.29, 1.82) is 0 Å². The van der Waals surface area contributed by atoms with Gasteiger partial charge in [0.25, 0.3) is 0 Å². The standard InChI is InChI=1S/C21H40O5S/c1-2-3-4-5-6-7-8-9-10-11-12-13-14-19(27)26-18(15-22)21-20(24)17(23)16-25-21/h17-18,20-24H,2-16H2,1H3/t17-,18+,20+,21+/m0/s1. The molecule has 1 saturated heterocycles. The number of ether oxygens (including phenoxy) is 2. The van der Waals surface area contributed by atoms with E-state index in [9.17, 15) is 15.3 Å². The van der Waals surface area contributed by atoms with Crippen LogP contribution >= 0.6 is 12.2 Å². The molecule has 3 N–H and O–H groups in total. The number of hydrogen-bond acceptors (Lipinski definition) is 6. The first-order valence-electron chi connectivity index (χ1n) is 10.9. The summed E-state index contributed by atoms with van der Waals surface area (Å²) < 4.78 is 10.9. The molecule has 0 radical (unpaired) electrons. The molecular weight excluding hydrogens is 364 g/mol. The third-order valence-corrected chi connectivity index (χ3v) is 5.55. The van der Waals surface area contributed by atoms with Gasteiger partial charge in [0.05, 0.1) is 13.2 Å². The minimum Gasteiger partial charge on any atom is -0.479 e. The molecule has 1 aliphatic rings. The quantitative estimate of drug-likeness (QED) is 0.267. The van der Waals surface area contributed by atoms with Crippen molar-refractivity contribution in [2.45, 2.75) is 115 Å². The Morgan fingerprint density at radius 1 is 0.963 bits per heavy atom. The van der Waals surface area contributed by atoms with Crippen LogP contribution in [0.25, 0.3) is 0 Å². The molecule has 0 unspecified atom stereocenters. The summed E-state index contributed by atoms with van der Waals surface area (Å²) in [6.45, 7) is 2.01. The average Bonchev–Trinajstić information content (AvgIpc) is 2.99. The van der Waals surface area contributed by atoms with Crippen LogP contribution in [0.15, 0.2) is 0 Å². The maximum Gasteiger partial charge on any atom is 0.160 e. The summed E-state index contributed by atoms with van der Waals surface area (Å²) in [5.74, 6) is 0. The fourth-order valence-electron chi connectivity index (χ4n) is 3.50. The van der Waals surface area contributed by atoms with Gasteiger partial charge in [0.2, 0.25) is 0 Å². The third-order valence-electron chi connectivity index (χ3n) is 5.25. The van der Waals surface area contributed by atoms with Crippen molar-refractivity contribution in [1.82, 2.24) is 0 Å². The normalized spacial score (nSPS) is 23.5. The summed E-state index contributed by atoms with van der Waals surface area (Å²) >= 11 is 5.25. The molecule has 4 atom stereocenters. The molecule has 160 valence electrons. The maximum atomic E-state index is 9.85. The average molecular weight is 405 g/mol. The zero-order valence-electron chi connectivity index (χ0n) is 17.0. The zero-order chi connectivity index (χ0) is 19.9. The van der Waals surface area contributed by atoms with E-state index in [0.29, 0.717) is 11.5 Å². The van der Waals surface area contributed by atoms with Crippen molar-refractivity contribution in [3.8, 4) is 0 Å². The molecule has 0 spiro atoms. The van der Waals surface area contributed by atoms with Gasteiger partial charge in [-0.2, -0.15) is 0 Å². The van der Waals surface area contributed by atoms with Crippen LogP contribution in [0.3, 0.4) is 0 Å². The van der Waals surface area contributed by atoms with Crippen molar-refractivity contribution in [3.05, 3.63) is 0 Å². The lowest BCUT2D eigenvalue weighted by molar-refractivity contribution is -0.0621. The third kappa shape index (κ3) is 10.7. The van der Waals surface area contributed by atoms with Gasteiger partial charge in [-0.1, -0.05) is 77.6 Å². The summed E-state index contributed by atoms with van der Waals surface area (Å²) in [6.07, 6.45) is 12.7. The summed E-state index contributed by atoms with van der Waals surface area (Å²) in [7, 11) is 0. The Balaban J connectivity index is 1.97. The first-order valence-corrected chi connectivity index (χ1v) is 11.3. The van der Waals surface area contributed by atoms with E-state index in [-0.39, 0.29) is 13.2 Å². The highest BCUT2D eigenvalue weighted by molar-refractivity contribution is 7.80. The number of aliphatic hydroxyl groups excluding tert-OH is 3. The summed E-state index contributed by atoms with van der Waals surface area (Å²) in [5.41, 5.74) is 0. The second-order valence-electron chi connectivity index (χ2n) is 7.71. The van der Waals surface area contributed by atoms with Crippen molar-refractivity contribution in [3.63, 3.8) is 0 Å². The molecule has 0 saturated carbocycles. The lowest BCUT2D eigenvalue weighted by Crippen LogP contribution is -2.42. The smallest absolute Gasteiger partial charge is 0.160 e. The predicted molar refractivity (Wildman–Crippen MR) is 112 cm³/mol. The number of rotatable bonds is 16. The molecule has 0 aromatic heterocycles. The van der Waals surface area contributed by atoms with E-state index in [1.807, 2.05) is 0 Å². The Labute approximate surface area is 170 Å². The fraction of sp³-hybridized carbons (Fsp3) is 0.952. The van der Waals surface area contributed by atoms with Crippen LogP contribution in [-0.2, 0) is 9.47 Å². The predicted octanol–water partition coefficient (Wildman–Crippen LogP) is 3.90. The number of thiocarbonyl (C=S) groups is 1. The second-order valence-corrected chi connectivity index (χ2v) is 8.16. The lowest BCUT2D eigenvalue weighted by Gasteiger charge is -2.25. The van der Waals surface area contributed by atoms with Crippen molar-refractivity contribution < 1.29 is 24.8 Å². The highest BCUT2D eigenvalue weighted by Crippen LogP contribution is 2.20. The molecule has 0 amide bonds. The fourth-order valence-corrected chi connectivity index (χ4v) is 3.77. The highest BCUT2D eigenvalue weighted by atomic mass is 32.1. The summed E-state index contributed by atoms with van der Waals surface area (Å²) in [5, 5.41) is 29.3. The molecule has 1 rings (SSSR count). The topological polar surface area (TPSA) is 79.2 Å². The van der Waals surface area contributed by atoms with Crippen LogP contribution in [0, 0.1) is 0 Å². The Bertz CT molecular complexity index is 380. The number of aliphatic hydroxyl groups is 3. The molecule has 0 aromatic rings. The van der Waals surface area contributed by atoms with E-state index in [4.69, 9.17) is 21.7 Å². The van der Waals surface area contributed by atoms with Gasteiger partial charge in [0.15, 0.2) is 11.2 Å². The largest absolute Gasteiger partial charge is 0.479 e. The Hall–Kier alpha value is -0.270. The minimum absolute atomic E-state index is 0.0528. The Kier molecular flexibility index (Phi) is 14.3. The van der Waals surface area contributed by atoms with Gasteiger partial charge in [-0.3, -0.25) is 0 Å². The van der Waals surface area contributed by atoms with Crippen LogP contribution < -0.4 is 0 Å². The number of unbranched alkanes of at least 4 members (excludes halogenated alkanes) is 11. The van der Waals surface area contributed by atoms with Gasteiger partial charge in [-0.25, -0.2) is 0 Å². The van der Waals surface area contributed by atoms with Crippen molar-refractivity contribution >= 4 is 17.3 Å². The SMILES string of the molecule is CCCCCCCCCCCCCCC(=S)O[C@H](CO)[C@H]1OC[C@H](O)[C@H]1O. The van der Waals surface area contributed by atoms with Gasteiger partial charge in [0.1, 0.15) is 18.3 Å². The summed E-state index contributed by atoms with van der Waals surface area (Å²) in [4.78, 5) is 0. The molecule has 27 heavy (non-hydrogen) atoms. The van der Waals surface area contributed by atoms with Crippen LogP contribution in [0.1, 0.15) is 90.4 Å². The van der Waals surface area contributed by atoms with Crippen LogP contribution in [0.5, 0.6) is 0 Å². The minimum atomic E-state index is -1.04. The first-order chi connectivity index (χ1) is 13.1. The summed E-state index contributed by atoms with van der Waals surface area (Å²) in [6, 6.07) is 0. The molecule has 0 aromatic carbocycles. The van der Waals surface area contributed by atoms with E-state index in [2.05, 4.69) is 6.92 Å². The van der Waals surface area contributed by atoms with E-state index >= 15 is 0 Å². The first kappa shape index (κ1) is 24.8. The van der Waals surface area contributed by atoms with E-state index in [0.717, 1.165) is 12.8 Å². The van der Waals surface area contributed by atoms with E-state index in [1.54, 1.807) is 0 Å². The Morgan fingerprint density at radius 3 is 1.93 bits per heavy atom. The maximum absolute atomic E-state index is 9.85. The van der Waals surface area contributed by atoms with Crippen LogP contribution in [-0.4, -0.2) is 58.0 Å². The van der Waals surface area contributed by atoms with E-state index < -0.39 is 24.4 Å². The molecule has 0 aliphatic carbocycles. The molecular formula is C21H40O5S. The lowest BCUT2D eigenvalue weighted by atomic mass is 10.0. The van der Waals surface area contributed by atoms with Crippen LogP contribution in [0.4, 0.5) is 0 Å². The monoisotopic (exact) mass is 404 g/mol. The Morgan fingerprint density at radius 2 is 1.48 bits per heavy atom. The van der Waals surface area contributed by atoms with Gasteiger partial charge >= 0.3 is 0 Å². The van der Waals surface area contributed by atoms with Gasteiger partial charge < -0.3 is 24.8 Å². The zero-order valence-corrected chi connectivity index (χ0v) is 17.8. The molecule has 0 bridgehead atoms.